The van der Waals surface area contributed by atoms with Gasteiger partial charge in [0.05, 0.1) is 26.3 Å². The molecule has 5 nitrogen and oxygen atoms in total. The highest BCUT2D eigenvalue weighted by Crippen LogP contribution is 2.49. The van der Waals surface area contributed by atoms with Crippen LogP contribution in [0.5, 0.6) is 11.5 Å². The van der Waals surface area contributed by atoms with Gasteiger partial charge in [-0.1, -0.05) is 0 Å². The minimum atomic E-state index is -0.756. The maximum Gasteiger partial charge on any atom is 0.303 e. The van der Waals surface area contributed by atoms with E-state index >= 15 is 0 Å². The number of nitrogens with zero attached hydrogens (tertiary/aromatic N) is 1. The molecule has 1 aliphatic carbocycles. The Balaban J connectivity index is 1.98. The van der Waals surface area contributed by atoms with Crippen molar-refractivity contribution in [1.29, 1.82) is 0 Å². The van der Waals surface area contributed by atoms with Gasteiger partial charge in [0.15, 0.2) is 0 Å². The number of piperidine rings is 1. The molecule has 0 radical (unpaired) electrons. The van der Waals surface area contributed by atoms with Gasteiger partial charge in [-0.15, -0.1) is 0 Å². The lowest BCUT2D eigenvalue weighted by Gasteiger charge is -2.31. The summed E-state index contributed by atoms with van der Waals surface area (Å²) in [5.41, 5.74) is 2.03. The van der Waals surface area contributed by atoms with Gasteiger partial charge in [0.1, 0.15) is 11.5 Å². The second-order valence-electron chi connectivity index (χ2n) is 6.86. The molecule has 0 bridgehead atoms. The van der Waals surface area contributed by atoms with E-state index in [1.165, 1.54) is 19.3 Å². The van der Waals surface area contributed by atoms with E-state index in [4.69, 9.17) is 9.47 Å². The number of aliphatic carboxylic acids is 1. The molecule has 2 fully saturated rings. The van der Waals surface area contributed by atoms with Crippen molar-refractivity contribution in [2.75, 3.05) is 32.2 Å². The number of rotatable bonds is 7. The lowest BCUT2D eigenvalue weighted by Crippen LogP contribution is -2.29. The van der Waals surface area contributed by atoms with Gasteiger partial charge >= 0.3 is 5.97 Å². The van der Waals surface area contributed by atoms with Crippen molar-refractivity contribution >= 4 is 11.7 Å². The molecule has 1 aromatic carbocycles. The SMILES string of the molecule is COc1cc(N2CCCCC2)c(OC)cc1C(CC(=O)O)C1CC1. The summed E-state index contributed by atoms with van der Waals surface area (Å²) in [5.74, 6) is 1.30. The van der Waals surface area contributed by atoms with E-state index in [2.05, 4.69) is 4.90 Å². The monoisotopic (exact) mass is 333 g/mol. The third-order valence-corrected chi connectivity index (χ3v) is 5.21. The van der Waals surface area contributed by atoms with Gasteiger partial charge in [0.25, 0.3) is 0 Å². The Morgan fingerprint density at radius 1 is 1.17 bits per heavy atom. The van der Waals surface area contributed by atoms with E-state index in [-0.39, 0.29) is 12.3 Å². The van der Waals surface area contributed by atoms with Gasteiger partial charge < -0.3 is 19.5 Å². The van der Waals surface area contributed by atoms with Crippen molar-refractivity contribution in [3.8, 4) is 11.5 Å². The van der Waals surface area contributed by atoms with E-state index in [1.807, 2.05) is 12.1 Å². The summed E-state index contributed by atoms with van der Waals surface area (Å²) in [6.07, 6.45) is 5.99. The normalized spacial score (nSPS) is 19.0. The number of methoxy groups -OCH3 is 2. The molecule has 24 heavy (non-hydrogen) atoms. The molecule has 0 amide bonds. The van der Waals surface area contributed by atoms with E-state index in [9.17, 15) is 9.90 Å². The first-order valence-electron chi connectivity index (χ1n) is 8.86. The van der Waals surface area contributed by atoms with E-state index in [0.29, 0.717) is 5.92 Å². The van der Waals surface area contributed by atoms with Gasteiger partial charge in [-0.25, -0.2) is 0 Å². The molecule has 1 aliphatic heterocycles. The first-order chi connectivity index (χ1) is 11.6. The number of anilines is 1. The molecule has 1 N–H and O–H groups in total. The van der Waals surface area contributed by atoms with Crippen molar-refractivity contribution in [1.82, 2.24) is 0 Å². The largest absolute Gasteiger partial charge is 0.496 e. The van der Waals surface area contributed by atoms with Crippen molar-refractivity contribution in [3.63, 3.8) is 0 Å². The molecular weight excluding hydrogens is 306 g/mol. The fourth-order valence-corrected chi connectivity index (χ4v) is 3.79. The van der Waals surface area contributed by atoms with Crippen LogP contribution in [0.25, 0.3) is 0 Å². The van der Waals surface area contributed by atoms with Crippen LogP contribution in [-0.4, -0.2) is 38.4 Å². The molecule has 0 aromatic heterocycles. The molecule has 1 heterocycles. The number of carboxylic acids is 1. The quantitative estimate of drug-likeness (QED) is 0.825. The third kappa shape index (κ3) is 3.60. The summed E-state index contributed by atoms with van der Waals surface area (Å²) in [5, 5.41) is 9.29. The Bertz CT molecular complexity index is 591. The van der Waals surface area contributed by atoms with Crippen molar-refractivity contribution in [2.24, 2.45) is 5.92 Å². The maximum absolute atomic E-state index is 11.3. The van der Waals surface area contributed by atoms with Gasteiger partial charge in [0.2, 0.25) is 0 Å². The molecule has 3 rings (SSSR count). The van der Waals surface area contributed by atoms with Crippen LogP contribution in [0.15, 0.2) is 12.1 Å². The summed E-state index contributed by atoms with van der Waals surface area (Å²) in [7, 11) is 3.35. The van der Waals surface area contributed by atoms with Crippen LogP contribution in [0.1, 0.15) is 50.0 Å². The van der Waals surface area contributed by atoms with E-state index in [1.54, 1.807) is 14.2 Å². The highest BCUT2D eigenvalue weighted by molar-refractivity contribution is 5.70. The molecule has 2 aliphatic rings. The molecule has 1 atom stereocenters. The number of benzene rings is 1. The first-order valence-corrected chi connectivity index (χ1v) is 8.86. The number of carboxylic acid groups (broad SMARTS) is 1. The average Bonchev–Trinajstić information content (AvgIpc) is 3.44. The summed E-state index contributed by atoms with van der Waals surface area (Å²) in [4.78, 5) is 13.6. The molecule has 132 valence electrons. The van der Waals surface area contributed by atoms with Crippen LogP contribution in [0.4, 0.5) is 5.69 Å². The zero-order chi connectivity index (χ0) is 17.1. The summed E-state index contributed by atoms with van der Waals surface area (Å²) in [6.45, 7) is 2.06. The van der Waals surface area contributed by atoms with Gasteiger partial charge in [-0.2, -0.15) is 0 Å². The van der Waals surface area contributed by atoms with Crippen molar-refractivity contribution in [3.05, 3.63) is 17.7 Å². The maximum atomic E-state index is 11.3. The summed E-state index contributed by atoms with van der Waals surface area (Å²) in [6, 6.07) is 4.05. The molecular formula is C19H27NO4. The molecule has 1 aromatic rings. The second kappa shape index (κ2) is 7.32. The van der Waals surface area contributed by atoms with Crippen LogP contribution in [0, 0.1) is 5.92 Å². The topological polar surface area (TPSA) is 59.0 Å². The Morgan fingerprint density at radius 2 is 1.83 bits per heavy atom. The first kappa shape index (κ1) is 16.9. The highest BCUT2D eigenvalue weighted by atomic mass is 16.5. The lowest BCUT2D eigenvalue weighted by molar-refractivity contribution is -0.137. The van der Waals surface area contributed by atoms with Crippen LogP contribution >= 0.6 is 0 Å². The standard InChI is InChI=1S/C19H27NO4/c1-23-17-12-16(20-8-4-3-5-9-20)18(24-2)10-15(17)14(11-19(21)22)13-6-7-13/h10,12-14H,3-9,11H2,1-2H3,(H,21,22). The fourth-order valence-electron chi connectivity index (χ4n) is 3.79. The van der Waals surface area contributed by atoms with Gasteiger partial charge in [-0.05, 0) is 44.1 Å². The molecule has 5 heteroatoms. The number of carbonyl (C=O) groups is 1. The van der Waals surface area contributed by atoms with Crippen molar-refractivity contribution in [2.45, 2.75) is 44.4 Å². The van der Waals surface area contributed by atoms with Crippen LogP contribution in [0.3, 0.4) is 0 Å². The number of hydrogen-bond acceptors (Lipinski definition) is 4. The Hall–Kier alpha value is -1.91. The molecule has 0 spiro atoms. The minimum absolute atomic E-state index is 0.00163. The van der Waals surface area contributed by atoms with E-state index < -0.39 is 5.97 Å². The third-order valence-electron chi connectivity index (χ3n) is 5.21. The predicted molar refractivity (Wildman–Crippen MR) is 93.3 cm³/mol. The zero-order valence-corrected chi connectivity index (χ0v) is 14.6. The fraction of sp³-hybridized carbons (Fsp3) is 0.632. The predicted octanol–water partition coefficient (Wildman–Crippen LogP) is 3.66. The Morgan fingerprint density at radius 3 is 2.38 bits per heavy atom. The smallest absolute Gasteiger partial charge is 0.303 e. The Kier molecular flexibility index (Phi) is 5.17. The van der Waals surface area contributed by atoms with Crippen LogP contribution in [-0.2, 0) is 4.79 Å². The second-order valence-corrected chi connectivity index (χ2v) is 6.86. The molecule has 1 unspecified atom stereocenters. The van der Waals surface area contributed by atoms with Gasteiger partial charge in [0, 0.05) is 30.6 Å². The van der Waals surface area contributed by atoms with Crippen LogP contribution < -0.4 is 14.4 Å². The molecule has 1 saturated heterocycles. The molecule has 1 saturated carbocycles. The minimum Gasteiger partial charge on any atom is -0.496 e. The van der Waals surface area contributed by atoms with Crippen LogP contribution in [0.2, 0.25) is 0 Å². The van der Waals surface area contributed by atoms with Gasteiger partial charge in [-0.3, -0.25) is 4.79 Å². The van der Waals surface area contributed by atoms with Crippen molar-refractivity contribution < 1.29 is 19.4 Å². The Labute approximate surface area is 143 Å². The zero-order valence-electron chi connectivity index (χ0n) is 14.6. The summed E-state index contributed by atoms with van der Waals surface area (Å²) >= 11 is 0. The number of hydrogen-bond donors (Lipinski definition) is 1. The average molecular weight is 333 g/mol. The number of ether oxygens (including phenoxy) is 2. The van der Waals surface area contributed by atoms with E-state index in [0.717, 1.165) is 48.7 Å². The highest BCUT2D eigenvalue weighted by Gasteiger charge is 2.36. The summed E-state index contributed by atoms with van der Waals surface area (Å²) < 4.78 is 11.3. The lowest BCUT2D eigenvalue weighted by atomic mass is 9.89.